The SMILES string of the molecule is NCCCCC(N)C(=O)C1CNC(C(=O)C=O)CO1. The monoisotopic (exact) mass is 271 g/mol. The van der Waals surface area contributed by atoms with Gasteiger partial charge in [-0.05, 0) is 19.4 Å². The van der Waals surface area contributed by atoms with Crippen molar-refractivity contribution in [3.8, 4) is 0 Å². The molecule has 19 heavy (non-hydrogen) atoms. The Morgan fingerprint density at radius 1 is 1.42 bits per heavy atom. The Morgan fingerprint density at radius 3 is 2.68 bits per heavy atom. The molecule has 0 aromatic rings. The lowest BCUT2D eigenvalue weighted by molar-refractivity contribution is -0.140. The van der Waals surface area contributed by atoms with E-state index >= 15 is 0 Å². The summed E-state index contributed by atoms with van der Waals surface area (Å²) in [4.78, 5) is 33.4. The maximum absolute atomic E-state index is 12.0. The highest BCUT2D eigenvalue weighted by atomic mass is 16.5. The Balaban J connectivity index is 2.35. The molecular formula is C12H21N3O4. The van der Waals surface area contributed by atoms with Crippen LogP contribution in [0.25, 0.3) is 0 Å². The van der Waals surface area contributed by atoms with Gasteiger partial charge in [0.15, 0.2) is 12.1 Å². The molecule has 1 aliphatic heterocycles. The number of nitrogens with one attached hydrogen (secondary N) is 1. The lowest BCUT2D eigenvalue weighted by Crippen LogP contribution is -2.55. The molecule has 108 valence electrons. The van der Waals surface area contributed by atoms with Crippen LogP contribution in [0.5, 0.6) is 0 Å². The minimum atomic E-state index is -0.657. The zero-order valence-electron chi connectivity index (χ0n) is 10.8. The van der Waals surface area contributed by atoms with Crippen LogP contribution in [0.1, 0.15) is 19.3 Å². The van der Waals surface area contributed by atoms with Gasteiger partial charge in [0.2, 0.25) is 5.78 Å². The Morgan fingerprint density at radius 2 is 2.16 bits per heavy atom. The molecule has 1 heterocycles. The van der Waals surface area contributed by atoms with Crippen LogP contribution >= 0.6 is 0 Å². The number of unbranched alkanes of at least 4 members (excludes halogenated alkanes) is 1. The van der Waals surface area contributed by atoms with Gasteiger partial charge in [-0.2, -0.15) is 0 Å². The highest BCUT2D eigenvalue weighted by Gasteiger charge is 2.31. The van der Waals surface area contributed by atoms with Gasteiger partial charge in [0.25, 0.3) is 0 Å². The van der Waals surface area contributed by atoms with Crippen molar-refractivity contribution in [3.63, 3.8) is 0 Å². The molecule has 7 heteroatoms. The van der Waals surface area contributed by atoms with E-state index < -0.39 is 24.0 Å². The molecule has 0 aromatic heterocycles. The summed E-state index contributed by atoms with van der Waals surface area (Å²) in [7, 11) is 0. The van der Waals surface area contributed by atoms with Crippen LogP contribution in [0.15, 0.2) is 0 Å². The Hall–Kier alpha value is -1.15. The normalized spacial score (nSPS) is 24.7. The summed E-state index contributed by atoms with van der Waals surface area (Å²) in [6, 6.07) is -1.23. The van der Waals surface area contributed by atoms with Crippen LogP contribution in [0, 0.1) is 0 Å². The van der Waals surface area contributed by atoms with E-state index in [0.717, 1.165) is 12.8 Å². The van der Waals surface area contributed by atoms with Crippen molar-refractivity contribution in [1.29, 1.82) is 0 Å². The molecule has 3 atom stereocenters. The van der Waals surface area contributed by atoms with E-state index in [-0.39, 0.29) is 25.2 Å². The second kappa shape index (κ2) is 8.11. The fraction of sp³-hybridized carbons (Fsp3) is 0.750. The van der Waals surface area contributed by atoms with Crippen molar-refractivity contribution in [3.05, 3.63) is 0 Å². The van der Waals surface area contributed by atoms with Crippen molar-refractivity contribution < 1.29 is 19.1 Å². The molecule has 1 rings (SSSR count). The fourth-order valence-electron chi connectivity index (χ4n) is 1.92. The fourth-order valence-corrected chi connectivity index (χ4v) is 1.92. The van der Waals surface area contributed by atoms with Crippen LogP contribution in [0.4, 0.5) is 0 Å². The third kappa shape index (κ3) is 4.79. The number of rotatable bonds is 8. The number of carbonyl (C=O) groups is 3. The van der Waals surface area contributed by atoms with E-state index in [1.165, 1.54) is 0 Å². The number of Topliss-reactive ketones (excluding diaryl/α,β-unsaturated/α-hetero) is 2. The van der Waals surface area contributed by atoms with Gasteiger partial charge in [0.05, 0.1) is 18.7 Å². The Bertz CT molecular complexity index is 327. The number of aldehydes is 1. The highest BCUT2D eigenvalue weighted by Crippen LogP contribution is 2.08. The summed E-state index contributed by atoms with van der Waals surface area (Å²) in [5.74, 6) is -0.750. The molecule has 3 unspecified atom stereocenters. The third-order valence-corrected chi connectivity index (χ3v) is 3.13. The van der Waals surface area contributed by atoms with Crippen molar-refractivity contribution in [2.24, 2.45) is 11.5 Å². The highest BCUT2D eigenvalue weighted by molar-refractivity contribution is 6.27. The van der Waals surface area contributed by atoms with Crippen LogP contribution < -0.4 is 16.8 Å². The maximum atomic E-state index is 12.0. The second-order valence-electron chi connectivity index (χ2n) is 4.60. The predicted octanol–water partition coefficient (Wildman–Crippen LogP) is -1.86. The quantitative estimate of drug-likeness (QED) is 0.268. The maximum Gasteiger partial charge on any atom is 0.214 e. The molecule has 0 amide bonds. The lowest BCUT2D eigenvalue weighted by Gasteiger charge is -2.29. The van der Waals surface area contributed by atoms with E-state index in [0.29, 0.717) is 13.0 Å². The van der Waals surface area contributed by atoms with Crippen LogP contribution in [-0.4, -0.2) is 55.7 Å². The minimum absolute atomic E-state index is 0.0174. The summed E-state index contributed by atoms with van der Waals surface area (Å²) < 4.78 is 5.31. The molecule has 1 aliphatic rings. The first-order valence-electron chi connectivity index (χ1n) is 6.43. The van der Waals surface area contributed by atoms with Gasteiger partial charge >= 0.3 is 0 Å². The number of carbonyl (C=O) groups excluding carboxylic acids is 3. The molecular weight excluding hydrogens is 250 g/mol. The van der Waals surface area contributed by atoms with E-state index in [2.05, 4.69) is 5.32 Å². The van der Waals surface area contributed by atoms with Gasteiger partial charge in [0, 0.05) is 6.54 Å². The smallest absolute Gasteiger partial charge is 0.214 e. The molecule has 1 saturated heterocycles. The Kier molecular flexibility index (Phi) is 6.79. The number of ketones is 2. The van der Waals surface area contributed by atoms with E-state index in [1.807, 2.05) is 0 Å². The van der Waals surface area contributed by atoms with E-state index in [4.69, 9.17) is 16.2 Å². The summed E-state index contributed by atoms with van der Waals surface area (Å²) in [6.07, 6.45) is 1.81. The average molecular weight is 271 g/mol. The van der Waals surface area contributed by atoms with Crippen molar-refractivity contribution in [2.75, 3.05) is 19.7 Å². The first-order valence-corrected chi connectivity index (χ1v) is 6.43. The van der Waals surface area contributed by atoms with Crippen LogP contribution in [0.3, 0.4) is 0 Å². The van der Waals surface area contributed by atoms with Gasteiger partial charge in [-0.15, -0.1) is 0 Å². The molecule has 0 aromatic carbocycles. The average Bonchev–Trinajstić information content (AvgIpc) is 2.46. The van der Waals surface area contributed by atoms with Gasteiger partial charge in [-0.1, -0.05) is 6.42 Å². The topological polar surface area (TPSA) is 125 Å². The standard InChI is InChI=1S/C12H21N3O4/c13-4-2-1-3-8(14)12(18)11-5-15-9(7-19-11)10(17)6-16/h6,8-9,11,15H,1-5,7,13-14H2. The Labute approximate surface area is 112 Å². The predicted molar refractivity (Wildman–Crippen MR) is 68.5 cm³/mol. The molecule has 7 nitrogen and oxygen atoms in total. The van der Waals surface area contributed by atoms with Crippen LogP contribution in [0.2, 0.25) is 0 Å². The van der Waals surface area contributed by atoms with Crippen molar-refractivity contribution in [1.82, 2.24) is 5.32 Å². The number of ether oxygens (including phenoxy) is 1. The van der Waals surface area contributed by atoms with Gasteiger partial charge in [0.1, 0.15) is 6.10 Å². The zero-order chi connectivity index (χ0) is 14.3. The first kappa shape index (κ1) is 15.9. The van der Waals surface area contributed by atoms with Gasteiger partial charge in [-0.25, -0.2) is 0 Å². The number of nitrogens with two attached hydrogens (primary N) is 2. The zero-order valence-corrected chi connectivity index (χ0v) is 10.8. The lowest BCUT2D eigenvalue weighted by atomic mass is 10.0. The number of morpholine rings is 1. The van der Waals surface area contributed by atoms with Crippen molar-refractivity contribution >= 4 is 17.9 Å². The number of hydrogen-bond donors (Lipinski definition) is 3. The first-order chi connectivity index (χ1) is 9.10. The molecule has 0 spiro atoms. The van der Waals surface area contributed by atoms with E-state index in [9.17, 15) is 14.4 Å². The molecule has 0 radical (unpaired) electrons. The second-order valence-corrected chi connectivity index (χ2v) is 4.60. The summed E-state index contributed by atoms with van der Waals surface area (Å²) in [6.45, 7) is 0.801. The van der Waals surface area contributed by atoms with E-state index in [1.54, 1.807) is 0 Å². The number of hydrogen-bond acceptors (Lipinski definition) is 7. The largest absolute Gasteiger partial charge is 0.367 e. The molecule has 0 bridgehead atoms. The summed E-state index contributed by atoms with van der Waals surface area (Å²) in [5, 5.41) is 2.82. The minimum Gasteiger partial charge on any atom is -0.367 e. The molecule has 0 aliphatic carbocycles. The summed E-state index contributed by atoms with van der Waals surface area (Å²) >= 11 is 0. The molecule has 0 saturated carbocycles. The van der Waals surface area contributed by atoms with Crippen molar-refractivity contribution in [2.45, 2.75) is 37.5 Å². The third-order valence-electron chi connectivity index (χ3n) is 3.13. The van der Waals surface area contributed by atoms with Gasteiger partial charge < -0.3 is 21.5 Å². The molecule has 5 N–H and O–H groups in total. The van der Waals surface area contributed by atoms with Gasteiger partial charge in [-0.3, -0.25) is 14.4 Å². The molecule has 1 fully saturated rings. The van der Waals surface area contributed by atoms with Crippen LogP contribution in [-0.2, 0) is 19.1 Å². The summed E-state index contributed by atoms with van der Waals surface area (Å²) in [5.41, 5.74) is 11.2.